The number of aryl methyl sites for hydroxylation is 1. The summed E-state index contributed by atoms with van der Waals surface area (Å²) < 4.78 is 9.76. The first-order valence-electron chi connectivity index (χ1n) is 8.57. The van der Waals surface area contributed by atoms with Crippen LogP contribution >= 0.6 is 0 Å². The van der Waals surface area contributed by atoms with E-state index in [9.17, 15) is 9.59 Å². The zero-order valence-electron chi connectivity index (χ0n) is 14.6. The van der Waals surface area contributed by atoms with Crippen LogP contribution in [0.1, 0.15) is 42.7 Å². The van der Waals surface area contributed by atoms with E-state index in [4.69, 9.17) is 4.74 Å². The number of carbonyl (C=O) groups is 2. The lowest BCUT2D eigenvalue weighted by molar-refractivity contribution is -0.142. The molecule has 1 unspecified atom stereocenters. The van der Waals surface area contributed by atoms with E-state index in [2.05, 4.69) is 22.9 Å². The number of hydrogen-bond acceptors (Lipinski definition) is 4. The van der Waals surface area contributed by atoms with Crippen LogP contribution in [0.25, 0.3) is 0 Å². The Bertz CT molecular complexity index is 558. The molecule has 0 aromatic heterocycles. The van der Waals surface area contributed by atoms with Crippen LogP contribution in [0.5, 0.6) is 0 Å². The normalized spacial score (nSPS) is 16.3. The lowest BCUT2D eigenvalue weighted by atomic mass is 9.81. The number of benzene rings is 1. The van der Waals surface area contributed by atoms with Crippen molar-refractivity contribution in [2.45, 2.75) is 38.0 Å². The van der Waals surface area contributed by atoms with Crippen LogP contribution in [-0.2, 0) is 25.5 Å². The van der Waals surface area contributed by atoms with E-state index >= 15 is 0 Å². The molecule has 1 aliphatic rings. The average molecular weight is 333 g/mol. The SMILES string of the molecule is COCCN(CCC(=O)OC)C(=O)CC1CCCc2ccccc21. The molecule has 0 N–H and O–H groups in total. The number of esters is 1. The molecule has 0 bridgehead atoms. The number of methoxy groups -OCH3 is 2. The number of amides is 1. The number of ether oxygens (including phenoxy) is 2. The summed E-state index contributed by atoms with van der Waals surface area (Å²) in [4.78, 5) is 25.8. The van der Waals surface area contributed by atoms with Gasteiger partial charge in [0.2, 0.25) is 5.91 Å². The Morgan fingerprint density at radius 2 is 2.00 bits per heavy atom. The maximum Gasteiger partial charge on any atom is 0.307 e. The van der Waals surface area contributed by atoms with Crippen molar-refractivity contribution >= 4 is 11.9 Å². The van der Waals surface area contributed by atoms with Crippen molar-refractivity contribution in [3.63, 3.8) is 0 Å². The van der Waals surface area contributed by atoms with Gasteiger partial charge in [0.15, 0.2) is 0 Å². The van der Waals surface area contributed by atoms with Crippen LogP contribution in [0.15, 0.2) is 24.3 Å². The molecule has 1 aliphatic carbocycles. The molecule has 0 saturated carbocycles. The smallest absolute Gasteiger partial charge is 0.307 e. The summed E-state index contributed by atoms with van der Waals surface area (Å²) in [5, 5.41) is 0. The van der Waals surface area contributed by atoms with E-state index in [0.717, 1.165) is 19.3 Å². The number of carbonyl (C=O) groups excluding carboxylic acids is 2. The second kappa shape index (κ2) is 9.42. The molecule has 2 rings (SSSR count). The largest absolute Gasteiger partial charge is 0.469 e. The quantitative estimate of drug-likeness (QED) is 0.686. The Morgan fingerprint density at radius 1 is 1.21 bits per heavy atom. The van der Waals surface area contributed by atoms with E-state index in [1.54, 1.807) is 12.0 Å². The number of fused-ring (bicyclic) bond motifs is 1. The predicted octanol–water partition coefficient (Wildman–Crippen LogP) is 2.53. The maximum atomic E-state index is 12.7. The van der Waals surface area contributed by atoms with E-state index < -0.39 is 0 Å². The van der Waals surface area contributed by atoms with Crippen molar-refractivity contribution in [3.05, 3.63) is 35.4 Å². The summed E-state index contributed by atoms with van der Waals surface area (Å²) in [7, 11) is 2.98. The van der Waals surface area contributed by atoms with Crippen molar-refractivity contribution in [1.29, 1.82) is 0 Å². The molecule has 1 aromatic carbocycles. The van der Waals surface area contributed by atoms with Gasteiger partial charge in [-0.25, -0.2) is 0 Å². The van der Waals surface area contributed by atoms with Gasteiger partial charge in [-0.2, -0.15) is 0 Å². The van der Waals surface area contributed by atoms with Gasteiger partial charge in [-0.1, -0.05) is 24.3 Å². The zero-order chi connectivity index (χ0) is 17.4. The third kappa shape index (κ3) is 5.06. The summed E-state index contributed by atoms with van der Waals surface area (Å²) in [6.07, 6.45) is 3.96. The molecule has 1 atom stereocenters. The van der Waals surface area contributed by atoms with Crippen LogP contribution in [-0.4, -0.2) is 50.7 Å². The second-order valence-corrected chi connectivity index (χ2v) is 6.19. The zero-order valence-corrected chi connectivity index (χ0v) is 14.6. The van der Waals surface area contributed by atoms with Crippen LogP contribution in [0.3, 0.4) is 0 Å². The predicted molar refractivity (Wildman–Crippen MR) is 91.8 cm³/mol. The highest BCUT2D eigenvalue weighted by Gasteiger charge is 2.25. The Labute approximate surface area is 143 Å². The van der Waals surface area contributed by atoms with E-state index in [-0.39, 0.29) is 24.2 Å². The highest BCUT2D eigenvalue weighted by atomic mass is 16.5. The summed E-state index contributed by atoms with van der Waals surface area (Å²) in [6.45, 7) is 1.35. The van der Waals surface area contributed by atoms with E-state index in [0.29, 0.717) is 26.1 Å². The van der Waals surface area contributed by atoms with Crippen LogP contribution in [0, 0.1) is 0 Å². The molecule has 0 fully saturated rings. The molecule has 1 aromatic rings. The third-order valence-electron chi connectivity index (χ3n) is 4.65. The minimum absolute atomic E-state index is 0.0812. The van der Waals surface area contributed by atoms with Crippen LogP contribution in [0.2, 0.25) is 0 Å². The average Bonchev–Trinajstić information content (AvgIpc) is 2.61. The monoisotopic (exact) mass is 333 g/mol. The lowest BCUT2D eigenvalue weighted by Crippen LogP contribution is -2.36. The summed E-state index contributed by atoms with van der Waals surface area (Å²) >= 11 is 0. The Morgan fingerprint density at radius 3 is 2.75 bits per heavy atom. The lowest BCUT2D eigenvalue weighted by Gasteiger charge is -2.28. The van der Waals surface area contributed by atoms with E-state index in [1.165, 1.54) is 18.2 Å². The molecule has 24 heavy (non-hydrogen) atoms. The molecule has 0 aliphatic heterocycles. The molecular weight excluding hydrogens is 306 g/mol. The minimum Gasteiger partial charge on any atom is -0.469 e. The second-order valence-electron chi connectivity index (χ2n) is 6.19. The Kier molecular flexibility index (Phi) is 7.25. The van der Waals surface area contributed by atoms with Gasteiger partial charge in [0.05, 0.1) is 20.1 Å². The van der Waals surface area contributed by atoms with E-state index in [1.807, 2.05) is 6.07 Å². The van der Waals surface area contributed by atoms with Gasteiger partial charge in [0.1, 0.15) is 0 Å². The molecule has 5 nitrogen and oxygen atoms in total. The topological polar surface area (TPSA) is 55.8 Å². The van der Waals surface area contributed by atoms with Crippen molar-refractivity contribution in [2.75, 3.05) is 33.9 Å². The number of rotatable bonds is 8. The number of hydrogen-bond donors (Lipinski definition) is 0. The fourth-order valence-corrected chi connectivity index (χ4v) is 3.30. The van der Waals surface area contributed by atoms with Gasteiger partial charge < -0.3 is 14.4 Å². The highest BCUT2D eigenvalue weighted by Crippen LogP contribution is 2.34. The van der Waals surface area contributed by atoms with Crippen molar-refractivity contribution < 1.29 is 19.1 Å². The fourth-order valence-electron chi connectivity index (χ4n) is 3.30. The first-order valence-corrected chi connectivity index (χ1v) is 8.57. The Balaban J connectivity index is 2.00. The summed E-state index contributed by atoms with van der Waals surface area (Å²) in [6, 6.07) is 8.40. The fraction of sp³-hybridized carbons (Fsp3) is 0.579. The minimum atomic E-state index is -0.298. The van der Waals surface area contributed by atoms with Crippen molar-refractivity contribution in [3.8, 4) is 0 Å². The molecule has 1 amide bonds. The first kappa shape index (κ1) is 18.5. The molecule has 5 heteroatoms. The maximum absolute atomic E-state index is 12.7. The molecule has 0 saturated heterocycles. The van der Waals surface area contributed by atoms with Crippen LogP contribution in [0.4, 0.5) is 0 Å². The molecular formula is C19H27NO4. The van der Waals surface area contributed by atoms with Crippen molar-refractivity contribution in [1.82, 2.24) is 4.90 Å². The van der Waals surface area contributed by atoms with Crippen LogP contribution < -0.4 is 0 Å². The molecule has 0 heterocycles. The van der Waals surface area contributed by atoms with Gasteiger partial charge in [0.25, 0.3) is 0 Å². The van der Waals surface area contributed by atoms with Gasteiger partial charge >= 0.3 is 5.97 Å². The van der Waals surface area contributed by atoms with Crippen molar-refractivity contribution in [2.24, 2.45) is 0 Å². The standard InChI is InChI=1S/C19H27NO4/c1-23-13-12-20(11-10-19(22)24-2)18(21)14-16-8-5-7-15-6-3-4-9-17(15)16/h3-4,6,9,16H,5,7-8,10-14H2,1-2H3. The molecule has 0 radical (unpaired) electrons. The third-order valence-corrected chi connectivity index (χ3v) is 4.65. The molecule has 132 valence electrons. The van der Waals surface area contributed by atoms with Gasteiger partial charge in [0, 0.05) is 26.6 Å². The van der Waals surface area contributed by atoms with Gasteiger partial charge in [-0.05, 0) is 36.3 Å². The first-order chi connectivity index (χ1) is 11.7. The molecule has 0 spiro atoms. The number of nitrogens with zero attached hydrogens (tertiary/aromatic N) is 1. The van der Waals surface area contributed by atoms with Gasteiger partial charge in [-0.15, -0.1) is 0 Å². The summed E-state index contributed by atoms with van der Waals surface area (Å²) in [5.74, 6) is 0.0523. The summed E-state index contributed by atoms with van der Waals surface area (Å²) in [5.41, 5.74) is 2.66. The van der Waals surface area contributed by atoms with Gasteiger partial charge in [-0.3, -0.25) is 9.59 Å². The Hall–Kier alpha value is -1.88. The highest BCUT2D eigenvalue weighted by molar-refractivity contribution is 5.78.